The van der Waals surface area contributed by atoms with E-state index < -0.39 is 0 Å². The van der Waals surface area contributed by atoms with Crippen LogP contribution in [0.1, 0.15) is 10.6 Å². The molecule has 0 atom stereocenters. The second-order valence-electron chi connectivity index (χ2n) is 1.14. The average molecular weight is 223 g/mol. The number of oxazole rings is 1. The molecule has 1 aromatic heterocycles. The molecule has 0 N–H and O–H groups in total. The Hall–Kier alpha value is -0.390. The van der Waals surface area contributed by atoms with E-state index in [1.54, 1.807) is 22.6 Å². The van der Waals surface area contributed by atoms with Crippen LogP contribution in [0.2, 0.25) is 0 Å². The fourth-order valence-corrected chi connectivity index (χ4v) is 0.579. The van der Waals surface area contributed by atoms with E-state index in [4.69, 9.17) is 0 Å². The number of hydrogen-bond donors (Lipinski definition) is 0. The second-order valence-corrected chi connectivity index (χ2v) is 2.12. The molecule has 0 aliphatic heterocycles. The molecule has 0 aromatic carbocycles. The summed E-state index contributed by atoms with van der Waals surface area (Å²) >= 11 is 1.63. The molecule has 1 aromatic rings. The zero-order chi connectivity index (χ0) is 5.98. The van der Waals surface area contributed by atoms with Crippen molar-refractivity contribution < 1.29 is 9.21 Å². The molecule has 1 heterocycles. The quantitative estimate of drug-likeness (QED) is 0.531. The van der Waals surface area contributed by atoms with Crippen LogP contribution < -0.4 is 0 Å². The Balaban J connectivity index is 2.93. The average Bonchev–Trinajstić information content (AvgIpc) is 2.12. The maximum Gasteiger partial charge on any atom is 0.259 e. The lowest BCUT2D eigenvalue weighted by Gasteiger charge is -1.76. The minimum atomic E-state index is -0.125. The predicted molar refractivity (Wildman–Crippen MR) is 34.9 cm³/mol. The lowest BCUT2D eigenvalue weighted by atomic mass is 10.6. The van der Waals surface area contributed by atoms with Crippen LogP contribution in [0.3, 0.4) is 0 Å². The van der Waals surface area contributed by atoms with Crippen molar-refractivity contribution in [2.45, 2.75) is 0 Å². The first-order chi connectivity index (χ1) is 3.80. The zero-order valence-electron chi connectivity index (χ0n) is 3.80. The molecule has 3 nitrogen and oxygen atoms in total. The van der Waals surface area contributed by atoms with Crippen molar-refractivity contribution in [1.29, 1.82) is 0 Å². The minimum absolute atomic E-state index is 0.125. The Labute approximate surface area is 59.2 Å². The molecule has 0 bridgehead atoms. The molecular weight excluding hydrogens is 221 g/mol. The van der Waals surface area contributed by atoms with Gasteiger partial charge in [0.2, 0.25) is 5.76 Å². The van der Waals surface area contributed by atoms with Gasteiger partial charge in [-0.15, -0.1) is 0 Å². The number of aromatic nitrogens is 1. The van der Waals surface area contributed by atoms with Gasteiger partial charge in [0.15, 0.2) is 6.39 Å². The van der Waals surface area contributed by atoms with Gasteiger partial charge < -0.3 is 4.42 Å². The topological polar surface area (TPSA) is 43.1 Å². The summed E-state index contributed by atoms with van der Waals surface area (Å²) in [6.45, 7) is 0. The molecule has 0 amide bonds. The molecule has 0 aliphatic rings. The van der Waals surface area contributed by atoms with E-state index in [0.29, 0.717) is 5.76 Å². The SMILES string of the molecule is O=C(I)c1cnco1. The van der Waals surface area contributed by atoms with E-state index in [1.165, 1.54) is 12.6 Å². The van der Waals surface area contributed by atoms with E-state index >= 15 is 0 Å². The summed E-state index contributed by atoms with van der Waals surface area (Å²) in [5.74, 6) is 0.297. The zero-order valence-corrected chi connectivity index (χ0v) is 5.95. The third-order valence-electron chi connectivity index (χ3n) is 0.626. The third-order valence-corrected chi connectivity index (χ3v) is 1.16. The number of carbonyl (C=O) groups excluding carboxylic acids is 1. The second kappa shape index (κ2) is 2.25. The van der Waals surface area contributed by atoms with E-state index in [9.17, 15) is 4.79 Å². The Morgan fingerprint density at radius 1 is 1.88 bits per heavy atom. The highest BCUT2D eigenvalue weighted by atomic mass is 127. The van der Waals surface area contributed by atoms with Crippen LogP contribution in [-0.4, -0.2) is 8.77 Å². The predicted octanol–water partition coefficient (Wildman–Crippen LogP) is 1.25. The summed E-state index contributed by atoms with van der Waals surface area (Å²) in [5.41, 5.74) is 0. The van der Waals surface area contributed by atoms with Crippen LogP contribution in [0.4, 0.5) is 0 Å². The van der Waals surface area contributed by atoms with Crippen LogP contribution in [0.5, 0.6) is 0 Å². The van der Waals surface area contributed by atoms with Crippen LogP contribution in [0, 0.1) is 0 Å². The van der Waals surface area contributed by atoms with Gasteiger partial charge in [0.1, 0.15) is 0 Å². The van der Waals surface area contributed by atoms with Crippen molar-refractivity contribution in [3.05, 3.63) is 18.4 Å². The Morgan fingerprint density at radius 2 is 2.62 bits per heavy atom. The number of rotatable bonds is 1. The van der Waals surface area contributed by atoms with E-state index in [-0.39, 0.29) is 3.79 Å². The highest BCUT2D eigenvalue weighted by Crippen LogP contribution is 2.02. The first-order valence-electron chi connectivity index (χ1n) is 1.89. The molecule has 0 saturated carbocycles. The molecule has 0 saturated heterocycles. The molecular formula is C4H2INO2. The maximum atomic E-state index is 10.4. The van der Waals surface area contributed by atoms with Gasteiger partial charge in [-0.3, -0.25) is 4.79 Å². The molecule has 0 unspecified atom stereocenters. The molecule has 42 valence electrons. The largest absolute Gasteiger partial charge is 0.440 e. The van der Waals surface area contributed by atoms with Crippen molar-refractivity contribution in [3.8, 4) is 0 Å². The van der Waals surface area contributed by atoms with Crippen molar-refractivity contribution in [2.24, 2.45) is 0 Å². The lowest BCUT2D eigenvalue weighted by Crippen LogP contribution is -1.79. The summed E-state index contributed by atoms with van der Waals surface area (Å²) < 4.78 is 4.50. The summed E-state index contributed by atoms with van der Waals surface area (Å²) in [4.78, 5) is 13.9. The van der Waals surface area contributed by atoms with Crippen molar-refractivity contribution in [1.82, 2.24) is 4.98 Å². The number of carbonyl (C=O) groups is 1. The van der Waals surface area contributed by atoms with Crippen molar-refractivity contribution in [2.75, 3.05) is 0 Å². The standard InChI is InChI=1S/C4H2INO2/c5-4(7)3-1-6-2-8-3/h1-2H. The Bertz CT molecular complexity index is 182. The first-order valence-corrected chi connectivity index (χ1v) is 2.97. The van der Waals surface area contributed by atoms with Crippen LogP contribution in [0.15, 0.2) is 17.0 Å². The molecule has 8 heavy (non-hydrogen) atoms. The van der Waals surface area contributed by atoms with Gasteiger partial charge in [-0.25, -0.2) is 4.98 Å². The lowest BCUT2D eigenvalue weighted by molar-refractivity contribution is 0.108. The molecule has 0 radical (unpaired) electrons. The van der Waals surface area contributed by atoms with Gasteiger partial charge in [0.25, 0.3) is 3.79 Å². The summed E-state index contributed by atoms with van der Waals surface area (Å²) in [5, 5.41) is 0. The van der Waals surface area contributed by atoms with Crippen LogP contribution in [0.25, 0.3) is 0 Å². The van der Waals surface area contributed by atoms with E-state index in [0.717, 1.165) is 0 Å². The molecule has 0 spiro atoms. The fourth-order valence-electron chi connectivity index (χ4n) is 0.313. The van der Waals surface area contributed by atoms with Crippen LogP contribution >= 0.6 is 22.6 Å². The normalized spacial score (nSPS) is 9.12. The maximum absolute atomic E-state index is 10.4. The fraction of sp³-hybridized carbons (Fsp3) is 0. The van der Waals surface area contributed by atoms with Gasteiger partial charge in [-0.2, -0.15) is 0 Å². The van der Waals surface area contributed by atoms with E-state index in [2.05, 4.69) is 9.40 Å². The number of halogens is 1. The summed E-state index contributed by atoms with van der Waals surface area (Å²) in [7, 11) is 0. The van der Waals surface area contributed by atoms with Gasteiger partial charge in [-0.1, -0.05) is 0 Å². The minimum Gasteiger partial charge on any atom is -0.440 e. The summed E-state index contributed by atoms with van der Waals surface area (Å²) in [6.07, 6.45) is 2.61. The third kappa shape index (κ3) is 1.06. The smallest absolute Gasteiger partial charge is 0.259 e. The van der Waals surface area contributed by atoms with Crippen molar-refractivity contribution in [3.63, 3.8) is 0 Å². The highest BCUT2D eigenvalue weighted by Gasteiger charge is 2.01. The van der Waals surface area contributed by atoms with E-state index in [1.807, 2.05) is 0 Å². The monoisotopic (exact) mass is 223 g/mol. The molecule has 1 rings (SSSR count). The first kappa shape index (κ1) is 5.74. The van der Waals surface area contributed by atoms with Gasteiger partial charge >= 0.3 is 0 Å². The summed E-state index contributed by atoms with van der Waals surface area (Å²) in [6, 6.07) is 0. The van der Waals surface area contributed by atoms with Gasteiger partial charge in [-0.05, 0) is 0 Å². The van der Waals surface area contributed by atoms with Gasteiger partial charge in [0.05, 0.1) is 6.20 Å². The number of nitrogens with zero attached hydrogens (tertiary/aromatic N) is 1. The van der Waals surface area contributed by atoms with Gasteiger partial charge in [0, 0.05) is 22.6 Å². The van der Waals surface area contributed by atoms with Crippen LogP contribution in [-0.2, 0) is 0 Å². The van der Waals surface area contributed by atoms with Crippen molar-refractivity contribution >= 4 is 26.4 Å². The Kier molecular flexibility index (Phi) is 1.62. The Morgan fingerprint density at radius 3 is 2.88 bits per heavy atom. The molecule has 0 aliphatic carbocycles. The number of hydrogen-bond acceptors (Lipinski definition) is 3. The highest BCUT2D eigenvalue weighted by molar-refractivity contribution is 14.1. The molecule has 4 heteroatoms. The molecule has 0 fully saturated rings.